The van der Waals surface area contributed by atoms with E-state index in [0.717, 1.165) is 23.3 Å². The van der Waals surface area contributed by atoms with E-state index in [9.17, 15) is 4.39 Å². The van der Waals surface area contributed by atoms with Gasteiger partial charge < -0.3 is 4.74 Å². The van der Waals surface area contributed by atoms with Gasteiger partial charge in [0.25, 0.3) is 0 Å². The Morgan fingerprint density at radius 3 is 2.14 bits per heavy atom. The molecule has 2 heteroatoms. The van der Waals surface area contributed by atoms with Gasteiger partial charge in [-0.25, -0.2) is 4.39 Å². The molecule has 0 aliphatic rings. The van der Waals surface area contributed by atoms with Crippen molar-refractivity contribution in [2.24, 2.45) is 0 Å². The first-order valence-electron chi connectivity index (χ1n) is 10.2. The molecule has 0 atom stereocenters. The zero-order valence-corrected chi connectivity index (χ0v) is 17.2. The van der Waals surface area contributed by atoms with E-state index < -0.39 is 0 Å². The summed E-state index contributed by atoms with van der Waals surface area (Å²) in [6.45, 7) is 2.22. The van der Waals surface area contributed by atoms with Gasteiger partial charge in [0.2, 0.25) is 0 Å². The van der Waals surface area contributed by atoms with E-state index in [1.165, 1.54) is 37.3 Å². The second kappa shape index (κ2) is 10.5. The maximum absolute atomic E-state index is 14.7. The summed E-state index contributed by atoms with van der Waals surface area (Å²) in [5.74, 6) is 6.63. The molecule has 0 aliphatic heterocycles. The summed E-state index contributed by atoms with van der Waals surface area (Å²) in [4.78, 5) is 0. The van der Waals surface area contributed by atoms with Gasteiger partial charge in [-0.2, -0.15) is 0 Å². The van der Waals surface area contributed by atoms with Crippen LogP contribution in [-0.4, -0.2) is 7.11 Å². The fraction of sp³-hybridized carbons (Fsp3) is 0.259. The number of hydrogen-bond donors (Lipinski definition) is 0. The van der Waals surface area contributed by atoms with Gasteiger partial charge in [-0.3, -0.25) is 0 Å². The van der Waals surface area contributed by atoms with Gasteiger partial charge in [0.15, 0.2) is 0 Å². The smallest absolute Gasteiger partial charge is 0.132 e. The number of rotatable bonds is 7. The maximum atomic E-state index is 14.7. The first kappa shape index (κ1) is 20.7. The van der Waals surface area contributed by atoms with Crippen molar-refractivity contribution in [2.75, 3.05) is 7.11 Å². The Bertz CT molecular complexity index is 976. The Balaban J connectivity index is 1.68. The molecule has 0 saturated carbocycles. The molecule has 3 aromatic carbocycles. The van der Waals surface area contributed by atoms with Gasteiger partial charge in [0, 0.05) is 16.7 Å². The van der Waals surface area contributed by atoms with Crippen molar-refractivity contribution < 1.29 is 9.13 Å². The zero-order chi connectivity index (χ0) is 20.5. The van der Waals surface area contributed by atoms with Gasteiger partial charge in [-0.15, -0.1) is 0 Å². The second-order valence-electron chi connectivity index (χ2n) is 7.18. The summed E-state index contributed by atoms with van der Waals surface area (Å²) in [6.07, 6.45) is 6.10. The minimum atomic E-state index is -0.248. The lowest BCUT2D eigenvalue weighted by atomic mass is 9.99. The topological polar surface area (TPSA) is 9.23 Å². The highest BCUT2D eigenvalue weighted by Gasteiger charge is 2.06. The third-order valence-electron chi connectivity index (χ3n) is 4.99. The van der Waals surface area contributed by atoms with E-state index in [1.54, 1.807) is 7.11 Å². The van der Waals surface area contributed by atoms with Crippen LogP contribution in [0.2, 0.25) is 0 Å². The number of hydrogen-bond acceptors (Lipinski definition) is 1. The van der Waals surface area contributed by atoms with Crippen molar-refractivity contribution >= 4 is 0 Å². The molecule has 0 bridgehead atoms. The lowest BCUT2D eigenvalue weighted by molar-refractivity contribution is 0.415. The van der Waals surface area contributed by atoms with Crippen molar-refractivity contribution in [3.05, 3.63) is 89.2 Å². The first-order valence-corrected chi connectivity index (χ1v) is 10.2. The lowest BCUT2D eigenvalue weighted by Gasteiger charge is -2.06. The molecule has 0 amide bonds. The summed E-state index contributed by atoms with van der Waals surface area (Å²) < 4.78 is 19.8. The molecule has 0 aliphatic carbocycles. The van der Waals surface area contributed by atoms with Gasteiger partial charge >= 0.3 is 0 Å². The average molecular weight is 387 g/mol. The van der Waals surface area contributed by atoms with E-state index in [1.807, 2.05) is 48.5 Å². The van der Waals surface area contributed by atoms with Gasteiger partial charge in [0.1, 0.15) is 11.6 Å². The molecular formula is C27H27FO. The summed E-state index contributed by atoms with van der Waals surface area (Å²) in [6, 6.07) is 20.9. The van der Waals surface area contributed by atoms with Gasteiger partial charge in [0.05, 0.1) is 7.11 Å². The minimum absolute atomic E-state index is 0.248. The standard InChI is InChI=1S/C27H27FO/c1-3-4-5-6-7-21-10-15-24(16-11-21)26-19-14-23(20-27(26)28)9-8-22-12-17-25(29-2)18-13-22/h10-20H,3-7H2,1-2H3. The van der Waals surface area contributed by atoms with E-state index >= 15 is 0 Å². The second-order valence-corrected chi connectivity index (χ2v) is 7.18. The van der Waals surface area contributed by atoms with E-state index in [2.05, 4.69) is 30.9 Å². The molecule has 0 fully saturated rings. The molecule has 0 saturated heterocycles. The molecule has 148 valence electrons. The lowest BCUT2D eigenvalue weighted by Crippen LogP contribution is -1.89. The molecule has 0 unspecified atom stereocenters. The zero-order valence-electron chi connectivity index (χ0n) is 17.2. The van der Waals surface area contributed by atoms with Crippen LogP contribution >= 0.6 is 0 Å². The van der Waals surface area contributed by atoms with E-state index in [4.69, 9.17) is 4.74 Å². The van der Waals surface area contributed by atoms with Crippen molar-refractivity contribution in [2.45, 2.75) is 39.0 Å². The average Bonchev–Trinajstić information content (AvgIpc) is 2.76. The van der Waals surface area contributed by atoms with Crippen LogP contribution < -0.4 is 4.74 Å². The van der Waals surface area contributed by atoms with Gasteiger partial charge in [-0.1, -0.05) is 68.4 Å². The Hall–Kier alpha value is -3.05. The van der Waals surface area contributed by atoms with Crippen LogP contribution in [0.3, 0.4) is 0 Å². The summed E-state index contributed by atoms with van der Waals surface area (Å²) >= 11 is 0. The fourth-order valence-corrected chi connectivity index (χ4v) is 3.25. The highest BCUT2D eigenvalue weighted by atomic mass is 19.1. The van der Waals surface area contributed by atoms with Crippen LogP contribution in [0.5, 0.6) is 5.75 Å². The monoisotopic (exact) mass is 386 g/mol. The molecular weight excluding hydrogens is 359 g/mol. The Morgan fingerprint density at radius 1 is 0.793 bits per heavy atom. The van der Waals surface area contributed by atoms with Crippen molar-refractivity contribution in [3.63, 3.8) is 0 Å². The van der Waals surface area contributed by atoms with Crippen molar-refractivity contribution in [1.29, 1.82) is 0 Å². The van der Waals surface area contributed by atoms with Crippen LogP contribution in [0.4, 0.5) is 4.39 Å². The number of ether oxygens (including phenoxy) is 1. The minimum Gasteiger partial charge on any atom is -0.497 e. The van der Waals surface area contributed by atoms with Crippen LogP contribution in [0.15, 0.2) is 66.7 Å². The molecule has 0 heterocycles. The molecule has 0 radical (unpaired) electrons. The van der Waals surface area contributed by atoms with E-state index in [0.29, 0.717) is 11.1 Å². The number of benzene rings is 3. The van der Waals surface area contributed by atoms with Crippen LogP contribution in [0, 0.1) is 17.7 Å². The summed E-state index contributed by atoms with van der Waals surface area (Å²) in [7, 11) is 1.63. The van der Waals surface area contributed by atoms with Crippen molar-refractivity contribution in [1.82, 2.24) is 0 Å². The molecule has 29 heavy (non-hydrogen) atoms. The molecule has 1 nitrogen and oxygen atoms in total. The highest BCUT2D eigenvalue weighted by Crippen LogP contribution is 2.24. The molecule has 0 N–H and O–H groups in total. The number of aryl methyl sites for hydroxylation is 1. The first-order chi connectivity index (χ1) is 14.2. The Morgan fingerprint density at radius 2 is 1.48 bits per heavy atom. The SMILES string of the molecule is CCCCCCc1ccc(-c2ccc(C#Cc3ccc(OC)cc3)cc2F)cc1. The summed E-state index contributed by atoms with van der Waals surface area (Å²) in [5.41, 5.74) is 4.35. The number of unbranched alkanes of at least 4 members (excludes halogenated alkanes) is 3. The predicted molar refractivity (Wildman–Crippen MR) is 119 cm³/mol. The normalized spacial score (nSPS) is 10.3. The highest BCUT2D eigenvalue weighted by molar-refractivity contribution is 5.65. The van der Waals surface area contributed by atoms with Crippen LogP contribution in [0.25, 0.3) is 11.1 Å². The molecule has 3 aromatic rings. The quantitative estimate of drug-likeness (QED) is 0.313. The van der Waals surface area contributed by atoms with E-state index in [-0.39, 0.29) is 5.82 Å². The third-order valence-corrected chi connectivity index (χ3v) is 4.99. The predicted octanol–water partition coefficient (Wildman–Crippen LogP) is 7.02. The molecule has 0 spiro atoms. The molecule has 0 aromatic heterocycles. The number of halogens is 1. The molecule has 3 rings (SSSR count). The van der Waals surface area contributed by atoms with Crippen LogP contribution in [-0.2, 0) is 6.42 Å². The maximum Gasteiger partial charge on any atom is 0.132 e. The van der Waals surface area contributed by atoms with Gasteiger partial charge in [-0.05, 0) is 60.4 Å². The van der Waals surface area contributed by atoms with Crippen molar-refractivity contribution in [3.8, 4) is 28.7 Å². The third kappa shape index (κ3) is 5.96. The fourth-order valence-electron chi connectivity index (χ4n) is 3.25. The summed E-state index contributed by atoms with van der Waals surface area (Å²) in [5, 5.41) is 0. The Kier molecular flexibility index (Phi) is 7.47. The van der Waals surface area contributed by atoms with Crippen LogP contribution in [0.1, 0.15) is 49.3 Å². The Labute approximate surface area is 173 Å². The number of methoxy groups -OCH3 is 1. The largest absolute Gasteiger partial charge is 0.497 e.